The van der Waals surface area contributed by atoms with Crippen molar-refractivity contribution in [3.63, 3.8) is 0 Å². The number of aromatic nitrogens is 3. The van der Waals surface area contributed by atoms with Gasteiger partial charge in [0.25, 0.3) is 0 Å². The molecule has 0 unspecified atom stereocenters. The maximum Gasteiger partial charge on any atom is 0.216 e. The first kappa shape index (κ1) is 13.4. The first-order valence-electron chi connectivity index (χ1n) is 6.66. The standard InChI is InChI=1S/C17H14FN3/c1-11-9-19-17(20-10-11)14-6-4-13(5-7-14)15-8-3-12(2)16(18)21-15/h3-10H,1-2H3. The summed E-state index contributed by atoms with van der Waals surface area (Å²) >= 11 is 0. The van der Waals surface area contributed by atoms with E-state index in [4.69, 9.17) is 0 Å². The van der Waals surface area contributed by atoms with E-state index >= 15 is 0 Å². The lowest BCUT2D eigenvalue weighted by molar-refractivity contribution is 0.576. The minimum atomic E-state index is -0.432. The summed E-state index contributed by atoms with van der Waals surface area (Å²) in [6.07, 6.45) is 3.57. The quantitative estimate of drug-likeness (QED) is 0.666. The van der Waals surface area contributed by atoms with Gasteiger partial charge in [0.2, 0.25) is 5.95 Å². The first-order valence-corrected chi connectivity index (χ1v) is 6.66. The van der Waals surface area contributed by atoms with E-state index in [1.807, 2.05) is 37.3 Å². The Hall–Kier alpha value is -2.62. The zero-order valence-corrected chi connectivity index (χ0v) is 11.8. The molecule has 0 bridgehead atoms. The third kappa shape index (κ3) is 2.79. The van der Waals surface area contributed by atoms with Gasteiger partial charge in [0, 0.05) is 29.1 Å². The number of nitrogens with zero attached hydrogens (tertiary/aromatic N) is 3. The molecule has 0 aliphatic carbocycles. The van der Waals surface area contributed by atoms with Crippen LogP contribution in [0, 0.1) is 19.8 Å². The fourth-order valence-electron chi connectivity index (χ4n) is 2.00. The Morgan fingerprint density at radius 1 is 0.810 bits per heavy atom. The minimum absolute atomic E-state index is 0.432. The molecule has 2 heterocycles. The second-order valence-electron chi connectivity index (χ2n) is 4.97. The number of rotatable bonds is 2. The summed E-state index contributed by atoms with van der Waals surface area (Å²) in [7, 11) is 0. The van der Waals surface area contributed by atoms with E-state index in [0.717, 1.165) is 16.7 Å². The number of halogens is 1. The van der Waals surface area contributed by atoms with Gasteiger partial charge >= 0.3 is 0 Å². The number of hydrogen-bond donors (Lipinski definition) is 0. The molecule has 2 aromatic heterocycles. The predicted octanol–water partition coefficient (Wildman–Crippen LogP) is 3.96. The van der Waals surface area contributed by atoms with Crippen molar-refractivity contribution in [2.24, 2.45) is 0 Å². The van der Waals surface area contributed by atoms with Crippen molar-refractivity contribution in [3.8, 4) is 22.6 Å². The van der Waals surface area contributed by atoms with Crippen molar-refractivity contribution < 1.29 is 4.39 Å². The summed E-state index contributed by atoms with van der Waals surface area (Å²) in [5.74, 6) is 0.244. The number of aryl methyl sites for hydroxylation is 2. The Bertz CT molecular complexity index is 765. The average Bonchev–Trinajstić information content (AvgIpc) is 2.51. The van der Waals surface area contributed by atoms with Crippen LogP contribution in [0.1, 0.15) is 11.1 Å². The summed E-state index contributed by atoms with van der Waals surface area (Å²) in [6, 6.07) is 11.2. The summed E-state index contributed by atoms with van der Waals surface area (Å²) in [5.41, 5.74) is 3.98. The maximum absolute atomic E-state index is 13.5. The molecule has 0 amide bonds. The van der Waals surface area contributed by atoms with E-state index in [1.165, 1.54) is 0 Å². The largest absolute Gasteiger partial charge is 0.236 e. The molecule has 0 aliphatic rings. The molecule has 0 aliphatic heterocycles. The van der Waals surface area contributed by atoms with Gasteiger partial charge in [-0.1, -0.05) is 30.3 Å². The lowest BCUT2D eigenvalue weighted by Crippen LogP contribution is -1.92. The van der Waals surface area contributed by atoms with Crippen LogP contribution in [-0.4, -0.2) is 15.0 Å². The average molecular weight is 279 g/mol. The van der Waals surface area contributed by atoms with Gasteiger partial charge < -0.3 is 0 Å². The van der Waals surface area contributed by atoms with Crippen LogP contribution >= 0.6 is 0 Å². The van der Waals surface area contributed by atoms with Gasteiger partial charge in [-0.15, -0.1) is 0 Å². The molecular weight excluding hydrogens is 265 g/mol. The summed E-state index contributed by atoms with van der Waals surface area (Å²) < 4.78 is 13.5. The van der Waals surface area contributed by atoms with Crippen molar-refractivity contribution >= 4 is 0 Å². The van der Waals surface area contributed by atoms with Crippen LogP contribution in [0.2, 0.25) is 0 Å². The molecule has 0 radical (unpaired) electrons. The fourth-order valence-corrected chi connectivity index (χ4v) is 2.00. The maximum atomic E-state index is 13.5. The van der Waals surface area contributed by atoms with Gasteiger partial charge in [0.15, 0.2) is 5.82 Å². The van der Waals surface area contributed by atoms with Crippen LogP contribution in [0.4, 0.5) is 4.39 Å². The van der Waals surface area contributed by atoms with Crippen molar-refractivity contribution in [2.45, 2.75) is 13.8 Å². The Kier molecular flexibility index (Phi) is 3.44. The van der Waals surface area contributed by atoms with Crippen LogP contribution in [0.15, 0.2) is 48.8 Å². The van der Waals surface area contributed by atoms with Crippen molar-refractivity contribution in [1.29, 1.82) is 0 Å². The van der Waals surface area contributed by atoms with Crippen LogP contribution in [-0.2, 0) is 0 Å². The van der Waals surface area contributed by atoms with Crippen LogP contribution in [0.25, 0.3) is 22.6 Å². The lowest BCUT2D eigenvalue weighted by Gasteiger charge is -2.04. The van der Waals surface area contributed by atoms with E-state index in [9.17, 15) is 4.39 Å². The Morgan fingerprint density at radius 2 is 1.43 bits per heavy atom. The number of benzene rings is 1. The molecule has 3 rings (SSSR count). The van der Waals surface area contributed by atoms with Crippen molar-refractivity contribution in [2.75, 3.05) is 0 Å². The Labute approximate surface area is 122 Å². The molecule has 3 nitrogen and oxygen atoms in total. The zero-order valence-electron chi connectivity index (χ0n) is 11.8. The molecule has 4 heteroatoms. The Morgan fingerprint density at radius 3 is 2.05 bits per heavy atom. The third-order valence-electron chi connectivity index (χ3n) is 3.26. The van der Waals surface area contributed by atoms with Gasteiger partial charge in [0.1, 0.15) is 0 Å². The highest BCUT2D eigenvalue weighted by molar-refractivity contribution is 5.65. The fraction of sp³-hybridized carbons (Fsp3) is 0.118. The summed E-state index contributed by atoms with van der Waals surface area (Å²) in [5, 5.41) is 0. The van der Waals surface area contributed by atoms with Crippen molar-refractivity contribution in [3.05, 3.63) is 65.9 Å². The molecule has 0 saturated carbocycles. The Balaban J connectivity index is 1.93. The van der Waals surface area contributed by atoms with E-state index in [-0.39, 0.29) is 0 Å². The second-order valence-corrected chi connectivity index (χ2v) is 4.97. The van der Waals surface area contributed by atoms with Gasteiger partial charge in [-0.05, 0) is 25.5 Å². The van der Waals surface area contributed by atoms with Gasteiger partial charge in [-0.2, -0.15) is 4.39 Å². The SMILES string of the molecule is Cc1cnc(-c2ccc(-c3ccc(C)c(F)n3)cc2)nc1. The highest BCUT2D eigenvalue weighted by Crippen LogP contribution is 2.22. The molecule has 0 spiro atoms. The normalized spacial score (nSPS) is 10.6. The van der Waals surface area contributed by atoms with Crippen LogP contribution in [0.5, 0.6) is 0 Å². The van der Waals surface area contributed by atoms with E-state index in [0.29, 0.717) is 17.1 Å². The molecule has 21 heavy (non-hydrogen) atoms. The molecule has 1 aromatic carbocycles. The minimum Gasteiger partial charge on any atom is -0.236 e. The van der Waals surface area contributed by atoms with Gasteiger partial charge in [-0.3, -0.25) is 0 Å². The second kappa shape index (κ2) is 5.40. The molecule has 0 saturated heterocycles. The smallest absolute Gasteiger partial charge is 0.216 e. The number of hydrogen-bond acceptors (Lipinski definition) is 3. The highest BCUT2D eigenvalue weighted by Gasteiger charge is 2.05. The van der Waals surface area contributed by atoms with Crippen molar-refractivity contribution in [1.82, 2.24) is 15.0 Å². The third-order valence-corrected chi connectivity index (χ3v) is 3.26. The molecular formula is C17H14FN3. The molecule has 0 atom stereocenters. The number of pyridine rings is 1. The van der Waals surface area contributed by atoms with E-state index in [2.05, 4.69) is 15.0 Å². The zero-order chi connectivity index (χ0) is 14.8. The topological polar surface area (TPSA) is 38.7 Å². The molecule has 104 valence electrons. The van der Waals surface area contributed by atoms with E-state index in [1.54, 1.807) is 25.4 Å². The van der Waals surface area contributed by atoms with Gasteiger partial charge in [-0.25, -0.2) is 15.0 Å². The predicted molar refractivity (Wildman–Crippen MR) is 80.1 cm³/mol. The van der Waals surface area contributed by atoms with Crippen LogP contribution < -0.4 is 0 Å². The van der Waals surface area contributed by atoms with Crippen LogP contribution in [0.3, 0.4) is 0 Å². The summed E-state index contributed by atoms with van der Waals surface area (Å²) in [4.78, 5) is 12.5. The molecule has 0 fully saturated rings. The highest BCUT2D eigenvalue weighted by atomic mass is 19.1. The monoisotopic (exact) mass is 279 g/mol. The summed E-state index contributed by atoms with van der Waals surface area (Å²) in [6.45, 7) is 3.65. The lowest BCUT2D eigenvalue weighted by atomic mass is 10.1. The van der Waals surface area contributed by atoms with Gasteiger partial charge in [0.05, 0.1) is 5.69 Å². The molecule has 3 aromatic rings. The molecule has 0 N–H and O–H groups in total. The first-order chi connectivity index (χ1) is 10.1. The van der Waals surface area contributed by atoms with E-state index < -0.39 is 5.95 Å².